The predicted octanol–water partition coefficient (Wildman–Crippen LogP) is 3.51. The first-order chi connectivity index (χ1) is 11.7. The molecule has 3 aromatic carbocycles. The average molecular weight is 319 g/mol. The Hall–Kier alpha value is -3.14. The van der Waals surface area contributed by atoms with Gasteiger partial charge in [0.15, 0.2) is 0 Å². The van der Waals surface area contributed by atoms with Crippen molar-refractivity contribution in [3.63, 3.8) is 0 Å². The Labute approximate surface area is 139 Å². The van der Waals surface area contributed by atoms with E-state index >= 15 is 0 Å². The molecule has 0 aliphatic heterocycles. The number of rotatable bonds is 5. The molecule has 120 valence electrons. The molecule has 0 aliphatic carbocycles. The van der Waals surface area contributed by atoms with Gasteiger partial charge < -0.3 is 10.4 Å². The van der Waals surface area contributed by atoms with E-state index in [0.717, 1.165) is 12.0 Å². The second kappa shape index (κ2) is 6.96. The van der Waals surface area contributed by atoms with Crippen molar-refractivity contribution in [3.05, 3.63) is 83.4 Å². The number of carboxylic acid groups (broad SMARTS) is 1. The summed E-state index contributed by atoms with van der Waals surface area (Å²) >= 11 is 0. The fourth-order valence-electron chi connectivity index (χ4n) is 2.75. The van der Waals surface area contributed by atoms with Gasteiger partial charge in [0.25, 0.3) is 5.91 Å². The summed E-state index contributed by atoms with van der Waals surface area (Å²) < 4.78 is 0. The monoisotopic (exact) mass is 319 g/mol. The highest BCUT2D eigenvalue weighted by atomic mass is 16.4. The lowest BCUT2D eigenvalue weighted by Crippen LogP contribution is -2.25. The fourth-order valence-corrected chi connectivity index (χ4v) is 2.75. The number of carbonyl (C=O) groups is 2. The molecule has 3 rings (SSSR count). The fraction of sp³-hybridized carbons (Fsp3) is 0.100. The van der Waals surface area contributed by atoms with Gasteiger partial charge in [-0.2, -0.15) is 0 Å². The van der Waals surface area contributed by atoms with Crippen LogP contribution in [0.4, 0.5) is 0 Å². The lowest BCUT2D eigenvalue weighted by atomic mass is 9.99. The predicted molar refractivity (Wildman–Crippen MR) is 93.4 cm³/mol. The molecule has 0 bridgehead atoms. The van der Waals surface area contributed by atoms with E-state index in [1.165, 1.54) is 0 Å². The highest BCUT2D eigenvalue weighted by molar-refractivity contribution is 6.12. The van der Waals surface area contributed by atoms with Gasteiger partial charge in [0.2, 0.25) is 0 Å². The van der Waals surface area contributed by atoms with E-state index in [1.54, 1.807) is 36.4 Å². The van der Waals surface area contributed by atoms with Crippen LogP contribution in [0.2, 0.25) is 0 Å². The van der Waals surface area contributed by atoms with Crippen molar-refractivity contribution >= 4 is 22.6 Å². The zero-order valence-corrected chi connectivity index (χ0v) is 13.0. The van der Waals surface area contributed by atoms with E-state index in [0.29, 0.717) is 22.9 Å². The van der Waals surface area contributed by atoms with Gasteiger partial charge in [-0.25, -0.2) is 4.79 Å². The van der Waals surface area contributed by atoms with Crippen LogP contribution in [0.25, 0.3) is 10.8 Å². The Morgan fingerprint density at radius 1 is 0.792 bits per heavy atom. The molecule has 0 atom stereocenters. The summed E-state index contributed by atoms with van der Waals surface area (Å²) in [6.45, 7) is 0.526. The van der Waals surface area contributed by atoms with Crippen LogP contribution in [-0.4, -0.2) is 23.5 Å². The number of benzene rings is 3. The van der Waals surface area contributed by atoms with E-state index < -0.39 is 5.97 Å². The van der Waals surface area contributed by atoms with Crippen LogP contribution < -0.4 is 5.32 Å². The van der Waals surface area contributed by atoms with Crippen molar-refractivity contribution in [1.82, 2.24) is 5.32 Å². The third-order valence-corrected chi connectivity index (χ3v) is 3.94. The maximum Gasteiger partial charge on any atom is 0.336 e. The topological polar surface area (TPSA) is 66.4 Å². The molecule has 0 heterocycles. The van der Waals surface area contributed by atoms with E-state index in [-0.39, 0.29) is 11.5 Å². The standard InChI is InChI=1S/C20H17NO3/c22-19(21-13-12-14-6-2-1-3-7-14)17-10-4-9-16-15(17)8-5-11-18(16)20(23)24/h1-11H,12-13H2,(H,21,22)(H,23,24). The van der Waals surface area contributed by atoms with Gasteiger partial charge in [0.1, 0.15) is 0 Å². The minimum Gasteiger partial charge on any atom is -0.478 e. The molecule has 0 aromatic heterocycles. The number of hydrogen-bond acceptors (Lipinski definition) is 2. The molecule has 0 saturated carbocycles. The number of hydrogen-bond donors (Lipinski definition) is 2. The van der Waals surface area contributed by atoms with Gasteiger partial charge in [-0.1, -0.05) is 54.6 Å². The van der Waals surface area contributed by atoms with Gasteiger partial charge in [-0.15, -0.1) is 0 Å². The third kappa shape index (κ3) is 3.27. The van der Waals surface area contributed by atoms with Crippen LogP contribution >= 0.6 is 0 Å². The zero-order valence-electron chi connectivity index (χ0n) is 13.0. The number of nitrogens with one attached hydrogen (secondary N) is 1. The Morgan fingerprint density at radius 3 is 2.08 bits per heavy atom. The summed E-state index contributed by atoms with van der Waals surface area (Å²) in [7, 11) is 0. The van der Waals surface area contributed by atoms with Crippen molar-refractivity contribution < 1.29 is 14.7 Å². The normalized spacial score (nSPS) is 10.5. The van der Waals surface area contributed by atoms with E-state index in [9.17, 15) is 14.7 Å². The molecular formula is C20H17NO3. The van der Waals surface area contributed by atoms with Crippen LogP contribution in [0, 0.1) is 0 Å². The summed E-state index contributed by atoms with van der Waals surface area (Å²) in [5.41, 5.74) is 1.85. The lowest BCUT2D eigenvalue weighted by Gasteiger charge is -2.09. The zero-order chi connectivity index (χ0) is 16.9. The molecule has 0 unspecified atom stereocenters. The van der Waals surface area contributed by atoms with E-state index in [1.807, 2.05) is 30.3 Å². The van der Waals surface area contributed by atoms with Crippen molar-refractivity contribution in [1.29, 1.82) is 0 Å². The molecule has 0 spiro atoms. The highest BCUT2D eigenvalue weighted by Gasteiger charge is 2.13. The molecule has 4 nitrogen and oxygen atoms in total. The molecule has 3 aromatic rings. The molecule has 4 heteroatoms. The average Bonchev–Trinajstić information content (AvgIpc) is 2.61. The number of carboxylic acids is 1. The first kappa shape index (κ1) is 15.7. The molecule has 2 N–H and O–H groups in total. The van der Waals surface area contributed by atoms with Gasteiger partial charge in [0.05, 0.1) is 5.56 Å². The molecule has 0 aliphatic rings. The Balaban J connectivity index is 1.80. The molecule has 24 heavy (non-hydrogen) atoms. The van der Waals surface area contributed by atoms with Gasteiger partial charge in [-0.05, 0) is 34.9 Å². The SMILES string of the molecule is O=C(O)c1cccc2c(C(=O)NCCc3ccccc3)cccc12. The summed E-state index contributed by atoms with van der Waals surface area (Å²) in [6, 6.07) is 20.0. The number of carbonyl (C=O) groups excluding carboxylic acids is 1. The van der Waals surface area contributed by atoms with E-state index in [2.05, 4.69) is 5.32 Å². The van der Waals surface area contributed by atoms with Crippen LogP contribution in [0.5, 0.6) is 0 Å². The summed E-state index contributed by atoms with van der Waals surface area (Å²) in [5, 5.41) is 13.4. The van der Waals surface area contributed by atoms with Crippen molar-refractivity contribution in [2.45, 2.75) is 6.42 Å². The molecule has 0 fully saturated rings. The largest absolute Gasteiger partial charge is 0.478 e. The van der Waals surface area contributed by atoms with Gasteiger partial charge in [-0.3, -0.25) is 4.79 Å². The maximum absolute atomic E-state index is 12.5. The lowest BCUT2D eigenvalue weighted by molar-refractivity contribution is 0.0698. The minimum absolute atomic E-state index is 0.195. The Kier molecular flexibility index (Phi) is 4.57. The molecule has 0 radical (unpaired) electrons. The molecular weight excluding hydrogens is 302 g/mol. The van der Waals surface area contributed by atoms with E-state index in [4.69, 9.17) is 0 Å². The van der Waals surface area contributed by atoms with Crippen LogP contribution in [0.1, 0.15) is 26.3 Å². The highest BCUT2D eigenvalue weighted by Crippen LogP contribution is 2.22. The summed E-state index contributed by atoms with van der Waals surface area (Å²) in [5.74, 6) is -1.19. The number of fused-ring (bicyclic) bond motifs is 1. The summed E-state index contributed by atoms with van der Waals surface area (Å²) in [6.07, 6.45) is 0.748. The first-order valence-corrected chi connectivity index (χ1v) is 7.74. The smallest absolute Gasteiger partial charge is 0.336 e. The van der Waals surface area contributed by atoms with Gasteiger partial charge in [0, 0.05) is 12.1 Å². The minimum atomic E-state index is -0.998. The third-order valence-electron chi connectivity index (χ3n) is 3.94. The van der Waals surface area contributed by atoms with Gasteiger partial charge >= 0.3 is 5.97 Å². The second-order valence-electron chi connectivity index (χ2n) is 5.50. The number of amides is 1. The quantitative estimate of drug-likeness (QED) is 0.756. The van der Waals surface area contributed by atoms with Crippen LogP contribution in [-0.2, 0) is 6.42 Å². The second-order valence-corrected chi connectivity index (χ2v) is 5.50. The van der Waals surface area contributed by atoms with Crippen molar-refractivity contribution in [3.8, 4) is 0 Å². The Bertz CT molecular complexity index is 888. The number of aromatic carboxylic acids is 1. The maximum atomic E-state index is 12.5. The summed E-state index contributed by atoms with van der Waals surface area (Å²) in [4.78, 5) is 23.8. The molecule has 0 saturated heterocycles. The Morgan fingerprint density at radius 2 is 1.42 bits per heavy atom. The van der Waals surface area contributed by atoms with Crippen LogP contribution in [0.15, 0.2) is 66.7 Å². The first-order valence-electron chi connectivity index (χ1n) is 7.74. The van der Waals surface area contributed by atoms with Crippen LogP contribution in [0.3, 0.4) is 0 Å². The van der Waals surface area contributed by atoms with Crippen molar-refractivity contribution in [2.75, 3.05) is 6.54 Å². The molecule has 1 amide bonds. The van der Waals surface area contributed by atoms with Crippen molar-refractivity contribution in [2.24, 2.45) is 0 Å².